The third-order valence-corrected chi connectivity index (χ3v) is 6.26. The highest BCUT2D eigenvalue weighted by atomic mass is 127. The molecular weight excluding hydrogens is 332 g/mol. The smallest absolute Gasteiger partial charge is 0.288 e. The number of hydrogen-bond acceptors (Lipinski definition) is 6. The second kappa shape index (κ2) is 5.71. The van der Waals surface area contributed by atoms with Crippen molar-refractivity contribution < 1.29 is 9.36 Å². The van der Waals surface area contributed by atoms with Gasteiger partial charge in [0, 0.05) is 23.1 Å². The van der Waals surface area contributed by atoms with Crippen molar-refractivity contribution in [3.8, 4) is 0 Å². The molecule has 0 saturated carbocycles. The fourth-order valence-corrected chi connectivity index (χ4v) is 2.77. The van der Waals surface area contributed by atoms with Gasteiger partial charge in [0.05, 0.1) is 3.92 Å². The normalized spacial score (nSPS) is 14.0. The Morgan fingerprint density at radius 1 is 1.58 bits per heavy atom. The molecule has 1 atom stereocenters. The van der Waals surface area contributed by atoms with Crippen LogP contribution in [0.25, 0.3) is 0 Å². The Kier molecular flexibility index (Phi) is 6.21. The van der Waals surface area contributed by atoms with Crippen LogP contribution in [-0.4, -0.2) is 9.83 Å². The lowest BCUT2D eigenvalue weighted by Crippen LogP contribution is -2.25. The quantitative estimate of drug-likeness (QED) is 0.308. The summed E-state index contributed by atoms with van der Waals surface area (Å²) in [4.78, 5) is 11.0. The lowest BCUT2D eigenvalue weighted by atomic mass is 10.5. The van der Waals surface area contributed by atoms with Crippen molar-refractivity contribution >= 4 is 57.3 Å². The highest BCUT2D eigenvalue weighted by molar-refractivity contribution is 14.1. The van der Waals surface area contributed by atoms with E-state index in [1.165, 1.54) is 0 Å². The largest absolute Gasteiger partial charge is 0.308 e. The Morgan fingerprint density at radius 3 is 2.25 bits per heavy atom. The van der Waals surface area contributed by atoms with Crippen molar-refractivity contribution in [2.75, 3.05) is 0 Å². The van der Waals surface area contributed by atoms with Crippen molar-refractivity contribution in [3.05, 3.63) is 0 Å². The monoisotopic (exact) mass is 341 g/mol. The van der Waals surface area contributed by atoms with Crippen LogP contribution in [0.5, 0.6) is 0 Å². The molecule has 0 aromatic heterocycles. The number of halogens is 1. The molecule has 0 heterocycles. The van der Waals surface area contributed by atoms with E-state index in [1.54, 1.807) is 6.92 Å². The summed E-state index contributed by atoms with van der Waals surface area (Å²) in [6.07, 6.45) is 0. The summed E-state index contributed by atoms with van der Waals surface area (Å²) in [7, 11) is 0. The molecule has 0 rings (SSSR count). The van der Waals surface area contributed by atoms with E-state index >= 15 is 0 Å². The van der Waals surface area contributed by atoms with Crippen LogP contribution in [0.2, 0.25) is 0 Å². The zero-order valence-electron chi connectivity index (χ0n) is 6.19. The molecule has 0 saturated heterocycles. The summed E-state index contributed by atoms with van der Waals surface area (Å²) in [5.74, 6) is -0.324. The fraction of sp³-hybridized carbons (Fsp3) is 0.667. The zero-order chi connectivity index (χ0) is 9.78. The summed E-state index contributed by atoms with van der Waals surface area (Å²) < 4.78 is 11.2. The first-order valence-corrected chi connectivity index (χ1v) is 8.70. The van der Waals surface area contributed by atoms with E-state index in [1.807, 2.05) is 22.6 Å². The van der Waals surface area contributed by atoms with E-state index in [9.17, 15) is 9.36 Å². The van der Waals surface area contributed by atoms with Gasteiger partial charge in [-0.3, -0.25) is 24.7 Å². The van der Waals surface area contributed by atoms with Crippen molar-refractivity contribution in [1.29, 1.82) is 0 Å². The molecule has 5 nitrogen and oxygen atoms in total. The maximum Gasteiger partial charge on any atom is 0.308 e. The first kappa shape index (κ1) is 13.1. The number of carbonyl (C=O) groups is 1. The number of carbonyl (C=O) groups excluding carboxylic acids is 1. The van der Waals surface area contributed by atoms with Gasteiger partial charge in [0.15, 0.2) is 0 Å². The summed E-state index contributed by atoms with van der Waals surface area (Å²) in [6, 6.07) is 0. The minimum absolute atomic E-state index is 0.254. The van der Waals surface area contributed by atoms with Crippen molar-refractivity contribution in [1.82, 2.24) is 5.09 Å². The molecule has 0 aromatic rings. The molecule has 1 unspecified atom stereocenters. The van der Waals surface area contributed by atoms with Gasteiger partial charge in [-0.15, -0.1) is 0 Å². The molecule has 9 heteroatoms. The summed E-state index contributed by atoms with van der Waals surface area (Å²) in [6.45, 7) is 1.68. The first-order chi connectivity index (χ1) is 5.45. The number of nitrogens with one attached hydrogen (secondary N) is 1. The predicted octanol–water partition coefficient (Wildman–Crippen LogP) is 1.25. The van der Waals surface area contributed by atoms with Crippen molar-refractivity contribution in [3.63, 3.8) is 0 Å². The third-order valence-electron chi connectivity index (χ3n) is 0.886. The van der Waals surface area contributed by atoms with E-state index in [-0.39, 0.29) is 9.83 Å². The van der Waals surface area contributed by atoms with Crippen molar-refractivity contribution in [2.24, 2.45) is 10.3 Å². The highest BCUT2D eigenvalue weighted by Crippen LogP contribution is 2.60. The summed E-state index contributed by atoms with van der Waals surface area (Å²) >= 11 is 3.06. The lowest BCUT2D eigenvalue weighted by molar-refractivity contribution is -0.118. The molecule has 0 spiro atoms. The molecule has 0 aliphatic heterocycles. The summed E-state index contributed by atoms with van der Waals surface area (Å²) in [5.41, 5.74) is -3.01. The molecule has 5 N–H and O–H groups in total. The predicted molar refractivity (Wildman–Crippen MR) is 62.8 cm³/mol. The minimum atomic E-state index is -3.01. The standard InChI is InChI=1S/C3H9IN3O2PS2/c1-2(4)3(8)7-10(9,11-5)12-6/h2H,5-6H2,1H3,(H,7,8,9). The van der Waals surface area contributed by atoms with Crippen LogP contribution < -0.4 is 15.4 Å². The second-order valence-electron chi connectivity index (χ2n) is 1.80. The third kappa shape index (κ3) is 4.33. The van der Waals surface area contributed by atoms with E-state index in [0.717, 1.165) is 0 Å². The Labute approximate surface area is 92.5 Å². The Morgan fingerprint density at radius 2 is 2.00 bits per heavy atom. The van der Waals surface area contributed by atoms with Crippen LogP contribution in [0.1, 0.15) is 6.92 Å². The van der Waals surface area contributed by atoms with Crippen LogP contribution in [-0.2, 0) is 9.36 Å². The Hall–Kier alpha value is 1.05. The number of rotatable bonds is 4. The molecule has 0 aliphatic rings. The molecule has 0 bridgehead atoms. The Bertz CT molecular complexity index is 206. The van der Waals surface area contributed by atoms with E-state index in [4.69, 9.17) is 10.3 Å². The van der Waals surface area contributed by atoms with E-state index in [2.05, 4.69) is 5.09 Å². The van der Waals surface area contributed by atoms with Crippen LogP contribution in [0, 0.1) is 0 Å². The Balaban J connectivity index is 4.23. The average molecular weight is 341 g/mol. The van der Waals surface area contributed by atoms with Gasteiger partial charge in [-0.2, -0.15) is 0 Å². The number of hydrogen-bond donors (Lipinski definition) is 3. The zero-order valence-corrected chi connectivity index (χ0v) is 10.9. The topological polar surface area (TPSA) is 98.2 Å². The van der Waals surface area contributed by atoms with Gasteiger partial charge in [0.25, 0.3) is 0 Å². The van der Waals surface area contributed by atoms with Gasteiger partial charge in [0.2, 0.25) is 5.91 Å². The number of amides is 1. The number of alkyl halides is 1. The lowest BCUT2D eigenvalue weighted by Gasteiger charge is -2.13. The van der Waals surface area contributed by atoms with Gasteiger partial charge in [-0.1, -0.05) is 22.6 Å². The van der Waals surface area contributed by atoms with E-state index < -0.39 is 5.70 Å². The molecular formula is C3H9IN3O2PS2. The maximum atomic E-state index is 11.4. The molecule has 0 aromatic carbocycles. The summed E-state index contributed by atoms with van der Waals surface area (Å²) in [5, 5.41) is 12.5. The average Bonchev–Trinajstić information content (AvgIpc) is 2.04. The van der Waals surface area contributed by atoms with Gasteiger partial charge in [-0.25, -0.2) is 0 Å². The molecule has 0 aliphatic carbocycles. The van der Waals surface area contributed by atoms with Gasteiger partial charge < -0.3 is 0 Å². The first-order valence-electron chi connectivity index (χ1n) is 2.78. The van der Waals surface area contributed by atoms with Crippen LogP contribution in [0.3, 0.4) is 0 Å². The fourth-order valence-electron chi connectivity index (χ4n) is 0.301. The maximum absolute atomic E-state index is 11.4. The second-order valence-corrected chi connectivity index (χ2v) is 10.4. The highest BCUT2D eigenvalue weighted by Gasteiger charge is 2.25. The SMILES string of the molecule is CC(I)C(=O)NP(=O)(SN)SN. The van der Waals surface area contributed by atoms with E-state index in [0.29, 0.717) is 23.1 Å². The van der Waals surface area contributed by atoms with Crippen LogP contribution in [0.4, 0.5) is 0 Å². The molecule has 1 amide bonds. The molecule has 72 valence electrons. The van der Waals surface area contributed by atoms with Crippen LogP contribution >= 0.6 is 51.4 Å². The van der Waals surface area contributed by atoms with Gasteiger partial charge in [0.1, 0.15) is 0 Å². The molecule has 12 heavy (non-hydrogen) atoms. The van der Waals surface area contributed by atoms with Gasteiger partial charge in [-0.05, 0) is 6.92 Å². The molecule has 0 radical (unpaired) electrons. The van der Waals surface area contributed by atoms with Crippen molar-refractivity contribution in [2.45, 2.75) is 10.8 Å². The van der Waals surface area contributed by atoms with Crippen LogP contribution in [0.15, 0.2) is 0 Å². The van der Waals surface area contributed by atoms with Gasteiger partial charge >= 0.3 is 5.70 Å². The number of nitrogens with two attached hydrogens (primary N) is 2. The minimum Gasteiger partial charge on any atom is -0.288 e. The molecule has 0 fully saturated rings.